The maximum atomic E-state index is 14.7. The molecule has 5 nitrogen and oxygen atoms in total. The van der Waals surface area contributed by atoms with Crippen molar-refractivity contribution in [3.8, 4) is 5.75 Å². The van der Waals surface area contributed by atoms with Gasteiger partial charge in [-0.1, -0.05) is 36.4 Å². The van der Waals surface area contributed by atoms with Crippen LogP contribution in [-0.4, -0.2) is 21.9 Å². The molecule has 0 saturated carbocycles. The summed E-state index contributed by atoms with van der Waals surface area (Å²) in [4.78, 5) is 12.3. The average molecular weight is 408 g/mol. The highest BCUT2D eigenvalue weighted by atomic mass is 32.2. The van der Waals surface area contributed by atoms with E-state index in [9.17, 15) is 13.7 Å². The van der Waals surface area contributed by atoms with Gasteiger partial charge in [0.1, 0.15) is 22.9 Å². The second-order valence-electron chi connectivity index (χ2n) is 7.14. The molecule has 0 radical (unpaired) electrons. The summed E-state index contributed by atoms with van der Waals surface area (Å²) in [7, 11) is 0. The molecule has 7 heteroatoms. The van der Waals surface area contributed by atoms with E-state index in [4.69, 9.17) is 9.47 Å². The Kier molecular flexibility index (Phi) is 7.86. The van der Waals surface area contributed by atoms with Crippen molar-refractivity contribution in [2.45, 2.75) is 45.1 Å². The van der Waals surface area contributed by atoms with Gasteiger partial charge in [-0.3, -0.25) is 0 Å². The minimum atomic E-state index is -1.58. The molecule has 0 unspecified atom stereocenters. The second kappa shape index (κ2) is 9.91. The fraction of sp³-hybridized carbons (Fsp3) is 0.381. The number of carbonyl (C=O) groups is 1. The van der Waals surface area contributed by atoms with E-state index < -0.39 is 33.9 Å². The van der Waals surface area contributed by atoms with E-state index in [-0.39, 0.29) is 12.2 Å². The molecule has 2 rings (SSSR count). The van der Waals surface area contributed by atoms with Gasteiger partial charge in [0.2, 0.25) is 0 Å². The molecule has 0 saturated heterocycles. The van der Waals surface area contributed by atoms with Crippen molar-refractivity contribution in [3.05, 3.63) is 65.5 Å². The van der Waals surface area contributed by atoms with E-state index in [0.29, 0.717) is 12.4 Å². The fourth-order valence-electron chi connectivity index (χ4n) is 2.32. The first-order chi connectivity index (χ1) is 13.2. The van der Waals surface area contributed by atoms with Crippen molar-refractivity contribution >= 4 is 17.3 Å². The summed E-state index contributed by atoms with van der Waals surface area (Å²) in [6.07, 6.45) is 0. The first-order valence-corrected chi connectivity index (χ1v) is 10.2. The lowest BCUT2D eigenvalue weighted by Gasteiger charge is -2.27. The Hall–Kier alpha value is -2.09. The molecule has 0 aromatic heterocycles. The van der Waals surface area contributed by atoms with Crippen LogP contribution in [0.1, 0.15) is 44.9 Å². The lowest BCUT2D eigenvalue weighted by molar-refractivity contribution is -0.145. The molecule has 2 atom stereocenters. The minimum Gasteiger partial charge on any atom is -0.598 e. The normalized spacial score (nSPS) is 13.6. The zero-order valence-electron chi connectivity index (χ0n) is 16.5. The van der Waals surface area contributed by atoms with Crippen molar-refractivity contribution < 1.29 is 23.2 Å². The van der Waals surface area contributed by atoms with Gasteiger partial charge >= 0.3 is 5.97 Å². The van der Waals surface area contributed by atoms with E-state index in [2.05, 4.69) is 4.72 Å². The smallest absolute Gasteiger partial charge is 0.332 e. The van der Waals surface area contributed by atoms with Crippen molar-refractivity contribution in [1.82, 2.24) is 4.72 Å². The van der Waals surface area contributed by atoms with Gasteiger partial charge in [0.25, 0.3) is 0 Å². The molecular formula is C21H26FNO4S. The van der Waals surface area contributed by atoms with Crippen LogP contribution >= 0.6 is 0 Å². The molecule has 2 aromatic rings. The molecule has 0 fully saturated rings. The summed E-state index contributed by atoms with van der Waals surface area (Å²) >= 11 is -1.58. The lowest BCUT2D eigenvalue weighted by atomic mass is 10.1. The average Bonchev–Trinajstić information content (AvgIpc) is 2.65. The Morgan fingerprint density at radius 1 is 1.21 bits per heavy atom. The molecule has 0 heterocycles. The van der Waals surface area contributed by atoms with E-state index in [0.717, 1.165) is 5.56 Å². The Morgan fingerprint density at radius 2 is 1.89 bits per heavy atom. The third kappa shape index (κ3) is 6.22. The molecule has 152 valence electrons. The molecule has 0 aliphatic rings. The topological polar surface area (TPSA) is 70.6 Å². The van der Waals surface area contributed by atoms with Crippen LogP contribution in [0.25, 0.3) is 0 Å². The maximum Gasteiger partial charge on any atom is 0.332 e. The molecule has 28 heavy (non-hydrogen) atoms. The molecule has 1 N–H and O–H groups in total. The molecule has 2 aromatic carbocycles. The van der Waals surface area contributed by atoms with Crippen LogP contribution in [0.4, 0.5) is 4.39 Å². The predicted octanol–water partition coefficient (Wildman–Crippen LogP) is 4.06. The van der Waals surface area contributed by atoms with Gasteiger partial charge in [0.15, 0.2) is 6.04 Å². The molecule has 0 aliphatic heterocycles. The van der Waals surface area contributed by atoms with Crippen LogP contribution in [0.3, 0.4) is 0 Å². The molecule has 0 aliphatic carbocycles. The van der Waals surface area contributed by atoms with Crippen molar-refractivity contribution in [2.24, 2.45) is 0 Å². The number of esters is 1. The number of hydrogen-bond acceptors (Lipinski definition) is 5. The summed E-state index contributed by atoms with van der Waals surface area (Å²) < 4.78 is 39.9. The highest BCUT2D eigenvalue weighted by Gasteiger charge is 2.35. The molecular weight excluding hydrogens is 381 g/mol. The van der Waals surface area contributed by atoms with Gasteiger partial charge in [-0.25, -0.2) is 9.18 Å². The fourth-order valence-corrected chi connectivity index (χ4v) is 3.11. The SMILES string of the molecule is CCOC(=O)[C@H](N[S@+]([O-])C(C)(C)C)c1ccc(OCc2ccccc2)cc1F. The molecule has 0 amide bonds. The third-order valence-electron chi connectivity index (χ3n) is 3.83. The number of nitrogens with one attached hydrogen (secondary N) is 1. The minimum absolute atomic E-state index is 0.0584. The Labute approximate surface area is 168 Å². The van der Waals surface area contributed by atoms with Gasteiger partial charge in [-0.05, 0) is 39.3 Å². The number of ether oxygens (including phenoxy) is 2. The number of carbonyl (C=O) groups excluding carboxylic acids is 1. The summed E-state index contributed by atoms with van der Waals surface area (Å²) in [5, 5.41) is 0. The standard InChI is InChI=1S/C21H26FNO4S/c1-5-26-20(24)19(23-28(25)21(2,3)4)17-12-11-16(13-18(17)22)27-14-15-9-7-6-8-10-15/h6-13,19,23H,5,14H2,1-4H3/t19-,28-/m1/s1. The van der Waals surface area contributed by atoms with E-state index in [1.165, 1.54) is 12.1 Å². The van der Waals surface area contributed by atoms with Crippen LogP contribution in [-0.2, 0) is 27.5 Å². The summed E-state index contributed by atoms with van der Waals surface area (Å²) in [6.45, 7) is 7.37. The van der Waals surface area contributed by atoms with Crippen molar-refractivity contribution in [1.29, 1.82) is 0 Å². The van der Waals surface area contributed by atoms with Crippen molar-refractivity contribution in [2.75, 3.05) is 6.61 Å². The zero-order chi connectivity index (χ0) is 20.7. The van der Waals surface area contributed by atoms with Gasteiger partial charge in [-0.15, -0.1) is 4.72 Å². The molecule has 0 spiro atoms. The first-order valence-electron chi connectivity index (χ1n) is 9.03. The largest absolute Gasteiger partial charge is 0.598 e. The zero-order valence-corrected chi connectivity index (χ0v) is 17.3. The van der Waals surface area contributed by atoms with E-state index in [1.807, 2.05) is 30.3 Å². The predicted molar refractivity (Wildman–Crippen MR) is 108 cm³/mol. The highest BCUT2D eigenvalue weighted by Crippen LogP contribution is 2.26. The molecule has 0 bridgehead atoms. The van der Waals surface area contributed by atoms with Crippen LogP contribution in [0, 0.1) is 5.82 Å². The van der Waals surface area contributed by atoms with Gasteiger partial charge < -0.3 is 14.0 Å². The van der Waals surface area contributed by atoms with Crippen molar-refractivity contribution in [3.63, 3.8) is 0 Å². The van der Waals surface area contributed by atoms with Crippen LogP contribution in [0.15, 0.2) is 48.5 Å². The Bertz CT molecular complexity index is 780. The second-order valence-corrected chi connectivity index (χ2v) is 9.14. The summed E-state index contributed by atoms with van der Waals surface area (Å²) in [6, 6.07) is 12.6. The van der Waals surface area contributed by atoms with E-state index >= 15 is 0 Å². The first kappa shape index (κ1) is 22.2. The van der Waals surface area contributed by atoms with Crippen LogP contribution in [0.5, 0.6) is 5.75 Å². The monoisotopic (exact) mass is 407 g/mol. The summed E-state index contributed by atoms with van der Waals surface area (Å²) in [5.41, 5.74) is 1.02. The van der Waals surface area contributed by atoms with Gasteiger partial charge in [0.05, 0.1) is 6.61 Å². The van der Waals surface area contributed by atoms with Crippen LogP contribution in [0.2, 0.25) is 0 Å². The third-order valence-corrected chi connectivity index (χ3v) is 5.40. The quantitative estimate of drug-likeness (QED) is 0.528. The maximum absolute atomic E-state index is 14.7. The number of hydrogen-bond donors (Lipinski definition) is 1. The Balaban J connectivity index is 2.19. The van der Waals surface area contributed by atoms with Crippen LogP contribution < -0.4 is 9.46 Å². The van der Waals surface area contributed by atoms with Gasteiger partial charge in [0, 0.05) is 23.0 Å². The van der Waals surface area contributed by atoms with Gasteiger partial charge in [-0.2, -0.15) is 0 Å². The highest BCUT2D eigenvalue weighted by molar-refractivity contribution is 7.90. The summed E-state index contributed by atoms with van der Waals surface area (Å²) in [5.74, 6) is -0.983. The Morgan fingerprint density at radius 3 is 2.46 bits per heavy atom. The number of benzene rings is 2. The lowest BCUT2D eigenvalue weighted by Crippen LogP contribution is -2.44. The number of halogens is 1. The van der Waals surface area contributed by atoms with E-state index in [1.54, 1.807) is 33.8 Å². The number of rotatable bonds is 8.